The Morgan fingerprint density at radius 3 is 2.62 bits per heavy atom. The van der Waals surface area contributed by atoms with Gasteiger partial charge in [-0.05, 0) is 31.4 Å². The normalized spacial score (nSPS) is 25.3. The van der Waals surface area contributed by atoms with Gasteiger partial charge in [-0.2, -0.15) is 0 Å². The smallest absolute Gasteiger partial charge is 0.260 e. The zero-order chi connectivity index (χ0) is 17.5. The van der Waals surface area contributed by atoms with Crippen molar-refractivity contribution in [1.29, 1.82) is 0 Å². The Balaban J connectivity index is 1.53. The summed E-state index contributed by atoms with van der Waals surface area (Å²) in [5.41, 5.74) is 0.196. The molecule has 3 rings (SSSR count). The summed E-state index contributed by atoms with van der Waals surface area (Å²) in [6.45, 7) is 3.84. The average molecular weight is 379 g/mol. The van der Waals surface area contributed by atoms with Gasteiger partial charge < -0.3 is 5.32 Å². The molecule has 0 aromatic carbocycles. The lowest BCUT2D eigenvalue weighted by Crippen LogP contribution is -2.53. The molecule has 1 saturated carbocycles. The third-order valence-corrected chi connectivity index (χ3v) is 5.19. The molecule has 5 nitrogen and oxygen atoms in total. The van der Waals surface area contributed by atoms with Gasteiger partial charge in [-0.15, -0.1) is 0 Å². The van der Waals surface area contributed by atoms with Crippen LogP contribution in [0.15, 0.2) is 6.20 Å². The fourth-order valence-corrected chi connectivity index (χ4v) is 3.21. The fraction of sp³-hybridized carbons (Fsp3) is 0.667. The molecule has 1 N–H and O–H groups in total. The SMILES string of the molecule is CC1(NC(=O)[C@@H]2CC2(F)F)CCN(Cc2nc(Cl)ncc2Cl)CC1. The lowest BCUT2D eigenvalue weighted by Gasteiger charge is -2.40. The Bertz CT molecular complexity index is 650. The summed E-state index contributed by atoms with van der Waals surface area (Å²) in [7, 11) is 0. The molecule has 2 heterocycles. The number of carbonyl (C=O) groups excluding carboxylic acids is 1. The highest BCUT2D eigenvalue weighted by Gasteiger charge is 2.61. The van der Waals surface area contributed by atoms with E-state index < -0.39 is 23.3 Å². The van der Waals surface area contributed by atoms with E-state index in [0.29, 0.717) is 43.2 Å². The first-order valence-corrected chi connectivity index (χ1v) is 8.53. The third kappa shape index (κ3) is 3.95. The summed E-state index contributed by atoms with van der Waals surface area (Å²) in [6.07, 6.45) is 2.48. The second-order valence-electron chi connectivity index (χ2n) is 6.78. The number of amides is 1. The molecule has 2 aliphatic rings. The monoisotopic (exact) mass is 378 g/mol. The number of likely N-dealkylation sites (tertiary alicyclic amines) is 1. The Morgan fingerprint density at radius 1 is 1.42 bits per heavy atom. The fourth-order valence-electron chi connectivity index (χ4n) is 2.91. The number of nitrogens with one attached hydrogen (secondary N) is 1. The van der Waals surface area contributed by atoms with Crippen molar-refractivity contribution in [3.8, 4) is 0 Å². The largest absolute Gasteiger partial charge is 0.350 e. The number of piperidine rings is 1. The number of aromatic nitrogens is 2. The first-order chi connectivity index (χ1) is 11.2. The van der Waals surface area contributed by atoms with Crippen molar-refractivity contribution in [2.24, 2.45) is 5.92 Å². The van der Waals surface area contributed by atoms with Gasteiger partial charge in [-0.1, -0.05) is 11.6 Å². The zero-order valence-electron chi connectivity index (χ0n) is 13.2. The molecule has 1 amide bonds. The molecule has 2 fully saturated rings. The highest BCUT2D eigenvalue weighted by atomic mass is 35.5. The molecule has 0 bridgehead atoms. The van der Waals surface area contributed by atoms with E-state index in [1.54, 1.807) is 0 Å². The number of alkyl halides is 2. The summed E-state index contributed by atoms with van der Waals surface area (Å²) in [6, 6.07) is 0. The van der Waals surface area contributed by atoms with E-state index >= 15 is 0 Å². The van der Waals surface area contributed by atoms with Crippen LogP contribution in [0, 0.1) is 5.92 Å². The van der Waals surface area contributed by atoms with Crippen LogP contribution in [0.3, 0.4) is 0 Å². The van der Waals surface area contributed by atoms with Gasteiger partial charge in [0.1, 0.15) is 5.92 Å². The van der Waals surface area contributed by atoms with Crippen molar-refractivity contribution >= 4 is 29.1 Å². The summed E-state index contributed by atoms with van der Waals surface area (Å²) in [4.78, 5) is 22.0. The van der Waals surface area contributed by atoms with Crippen LogP contribution in [-0.2, 0) is 11.3 Å². The molecule has 1 aromatic rings. The standard InChI is InChI=1S/C15H18Cl2F2N4O/c1-14(22-12(24)9-6-15(9,18)19)2-4-23(5-3-14)8-11-10(16)7-20-13(17)21-11/h7,9H,2-6,8H2,1H3,(H,22,24)/t9-/m0/s1. The Kier molecular flexibility index (Phi) is 4.70. The molecule has 0 unspecified atom stereocenters. The lowest BCUT2D eigenvalue weighted by molar-refractivity contribution is -0.126. The first kappa shape index (κ1) is 17.8. The van der Waals surface area contributed by atoms with Gasteiger partial charge in [0, 0.05) is 31.6 Å². The van der Waals surface area contributed by atoms with E-state index in [9.17, 15) is 13.6 Å². The van der Waals surface area contributed by atoms with Crippen LogP contribution in [0.5, 0.6) is 0 Å². The molecule has 1 aliphatic carbocycles. The van der Waals surface area contributed by atoms with E-state index in [0.717, 1.165) is 0 Å². The van der Waals surface area contributed by atoms with Gasteiger partial charge in [0.05, 0.1) is 16.9 Å². The van der Waals surface area contributed by atoms with Crippen LogP contribution in [0.25, 0.3) is 0 Å². The van der Waals surface area contributed by atoms with E-state index in [-0.39, 0.29) is 11.7 Å². The van der Waals surface area contributed by atoms with Gasteiger partial charge in [0.25, 0.3) is 5.92 Å². The minimum atomic E-state index is -2.83. The first-order valence-electron chi connectivity index (χ1n) is 7.78. The summed E-state index contributed by atoms with van der Waals surface area (Å²) < 4.78 is 26.0. The topological polar surface area (TPSA) is 58.1 Å². The second kappa shape index (κ2) is 6.35. The van der Waals surface area contributed by atoms with Crippen LogP contribution in [0.1, 0.15) is 31.9 Å². The van der Waals surface area contributed by atoms with E-state index in [2.05, 4.69) is 20.2 Å². The summed E-state index contributed by atoms with van der Waals surface area (Å²) in [5.74, 6) is -4.53. The predicted molar refractivity (Wildman–Crippen MR) is 86.2 cm³/mol. The van der Waals surface area contributed by atoms with Crippen molar-refractivity contribution in [2.75, 3.05) is 13.1 Å². The van der Waals surface area contributed by atoms with Gasteiger partial charge in [-0.3, -0.25) is 9.69 Å². The maximum atomic E-state index is 13.0. The van der Waals surface area contributed by atoms with Crippen LogP contribution in [0.2, 0.25) is 10.3 Å². The second-order valence-corrected chi connectivity index (χ2v) is 7.52. The highest BCUT2D eigenvalue weighted by molar-refractivity contribution is 6.31. The van der Waals surface area contributed by atoms with Gasteiger partial charge in [-0.25, -0.2) is 18.7 Å². The Hall–Kier alpha value is -1.05. The quantitative estimate of drug-likeness (QED) is 0.818. The number of rotatable bonds is 4. The maximum absolute atomic E-state index is 13.0. The number of nitrogens with zero attached hydrogens (tertiary/aromatic N) is 3. The number of halogens is 4. The Morgan fingerprint density at radius 2 is 2.04 bits per heavy atom. The van der Waals surface area contributed by atoms with Gasteiger partial charge in [0.15, 0.2) is 0 Å². The molecular weight excluding hydrogens is 361 g/mol. The number of hydrogen-bond donors (Lipinski definition) is 1. The van der Waals surface area contributed by atoms with Crippen molar-refractivity contribution < 1.29 is 13.6 Å². The average Bonchev–Trinajstić information content (AvgIpc) is 3.14. The van der Waals surface area contributed by atoms with Gasteiger partial charge >= 0.3 is 0 Å². The molecule has 9 heteroatoms. The van der Waals surface area contributed by atoms with Crippen molar-refractivity contribution in [3.05, 3.63) is 22.2 Å². The van der Waals surface area contributed by atoms with Crippen LogP contribution < -0.4 is 5.32 Å². The summed E-state index contributed by atoms with van der Waals surface area (Å²) in [5, 5.41) is 3.40. The van der Waals surface area contributed by atoms with E-state index in [4.69, 9.17) is 23.2 Å². The Labute approximate surface area is 148 Å². The molecule has 0 spiro atoms. The zero-order valence-corrected chi connectivity index (χ0v) is 14.7. The maximum Gasteiger partial charge on any atom is 0.260 e. The van der Waals surface area contributed by atoms with Crippen LogP contribution >= 0.6 is 23.2 Å². The predicted octanol–water partition coefficient (Wildman–Crippen LogP) is 2.91. The molecule has 24 heavy (non-hydrogen) atoms. The van der Waals surface area contributed by atoms with Crippen molar-refractivity contribution in [1.82, 2.24) is 20.2 Å². The minimum absolute atomic E-state index is 0.147. The molecule has 132 valence electrons. The molecule has 1 aliphatic heterocycles. The number of carbonyl (C=O) groups is 1. The molecule has 1 atom stereocenters. The molecule has 1 saturated heterocycles. The van der Waals surface area contributed by atoms with Crippen molar-refractivity contribution in [2.45, 2.75) is 44.2 Å². The van der Waals surface area contributed by atoms with Crippen LogP contribution in [0.4, 0.5) is 8.78 Å². The molecule has 1 aromatic heterocycles. The van der Waals surface area contributed by atoms with Crippen molar-refractivity contribution in [3.63, 3.8) is 0 Å². The summed E-state index contributed by atoms with van der Waals surface area (Å²) >= 11 is 11.9. The minimum Gasteiger partial charge on any atom is -0.350 e. The van der Waals surface area contributed by atoms with E-state index in [1.165, 1.54) is 6.20 Å². The molecule has 0 radical (unpaired) electrons. The van der Waals surface area contributed by atoms with E-state index in [1.807, 2.05) is 6.92 Å². The lowest BCUT2D eigenvalue weighted by atomic mass is 9.89. The molecular formula is C15H18Cl2F2N4O. The highest BCUT2D eigenvalue weighted by Crippen LogP contribution is 2.49. The van der Waals surface area contributed by atoms with Crippen LogP contribution in [-0.4, -0.2) is 45.3 Å². The third-order valence-electron chi connectivity index (χ3n) is 4.69. The van der Waals surface area contributed by atoms with Gasteiger partial charge in [0.2, 0.25) is 11.2 Å². The number of hydrogen-bond acceptors (Lipinski definition) is 4.